The average Bonchev–Trinajstić information content (AvgIpc) is 2.42. The number of likely N-dealkylation sites (tertiary alicyclic amines) is 1. The van der Waals surface area contributed by atoms with Crippen molar-refractivity contribution in [3.63, 3.8) is 0 Å². The number of hydrogen-bond acceptors (Lipinski definition) is 3. The average molecular weight is 290 g/mol. The Labute approximate surface area is 125 Å². The number of carboxylic acids is 1. The van der Waals surface area contributed by atoms with Gasteiger partial charge in [-0.05, 0) is 44.9 Å². The van der Waals surface area contributed by atoms with Crippen molar-refractivity contribution < 1.29 is 14.7 Å². The molecule has 0 spiro atoms. The third-order valence-electron chi connectivity index (χ3n) is 3.88. The van der Waals surface area contributed by atoms with Crippen LogP contribution in [0.5, 0.6) is 0 Å². The van der Waals surface area contributed by atoms with Crippen molar-refractivity contribution in [2.75, 3.05) is 25.0 Å². The number of nitrogens with zero attached hydrogens (tertiary/aromatic N) is 1. The number of carboxylic acid groups (broad SMARTS) is 1. The number of rotatable bonds is 4. The van der Waals surface area contributed by atoms with Crippen molar-refractivity contribution in [2.24, 2.45) is 5.92 Å². The SMILES string of the molecule is Cc1ccc(NC(=O)CN2CCCC(C(=O)O)C2)c(C)c1. The molecule has 1 fully saturated rings. The van der Waals surface area contributed by atoms with Gasteiger partial charge in [-0.1, -0.05) is 17.7 Å². The number of aliphatic carboxylic acids is 1. The van der Waals surface area contributed by atoms with Crippen LogP contribution in [0.1, 0.15) is 24.0 Å². The molecular formula is C16H22N2O3. The lowest BCUT2D eigenvalue weighted by Crippen LogP contribution is -2.42. The van der Waals surface area contributed by atoms with E-state index in [1.807, 2.05) is 36.9 Å². The Kier molecular flexibility index (Phi) is 4.96. The van der Waals surface area contributed by atoms with Crippen molar-refractivity contribution in [3.8, 4) is 0 Å². The maximum atomic E-state index is 12.1. The van der Waals surface area contributed by atoms with Crippen LogP contribution in [0.3, 0.4) is 0 Å². The molecule has 0 bridgehead atoms. The Bertz CT molecular complexity index is 542. The minimum absolute atomic E-state index is 0.0898. The van der Waals surface area contributed by atoms with Crippen molar-refractivity contribution in [3.05, 3.63) is 29.3 Å². The zero-order valence-electron chi connectivity index (χ0n) is 12.6. The molecule has 1 aliphatic rings. The van der Waals surface area contributed by atoms with E-state index >= 15 is 0 Å². The molecule has 1 saturated heterocycles. The van der Waals surface area contributed by atoms with E-state index in [0.717, 1.165) is 29.8 Å². The summed E-state index contributed by atoms with van der Waals surface area (Å²) < 4.78 is 0. The van der Waals surface area contributed by atoms with Crippen LogP contribution in [0, 0.1) is 19.8 Å². The zero-order valence-corrected chi connectivity index (χ0v) is 12.6. The summed E-state index contributed by atoms with van der Waals surface area (Å²) in [6, 6.07) is 5.89. The number of hydrogen-bond donors (Lipinski definition) is 2. The Morgan fingerprint density at radius 1 is 1.38 bits per heavy atom. The molecule has 1 aliphatic heterocycles. The number of anilines is 1. The van der Waals surface area contributed by atoms with Crippen molar-refractivity contribution in [1.82, 2.24) is 4.90 Å². The van der Waals surface area contributed by atoms with Crippen molar-refractivity contribution in [1.29, 1.82) is 0 Å². The molecule has 0 aliphatic carbocycles. The number of carbonyl (C=O) groups is 2. The predicted molar refractivity (Wildman–Crippen MR) is 81.3 cm³/mol. The minimum Gasteiger partial charge on any atom is -0.481 e. The van der Waals surface area contributed by atoms with Gasteiger partial charge in [-0.15, -0.1) is 0 Å². The van der Waals surface area contributed by atoms with Gasteiger partial charge in [-0.2, -0.15) is 0 Å². The lowest BCUT2D eigenvalue weighted by atomic mass is 9.98. The predicted octanol–water partition coefficient (Wildman–Crippen LogP) is 2.04. The summed E-state index contributed by atoms with van der Waals surface area (Å²) in [5.41, 5.74) is 3.01. The Morgan fingerprint density at radius 2 is 2.14 bits per heavy atom. The van der Waals surface area contributed by atoms with Gasteiger partial charge < -0.3 is 10.4 Å². The lowest BCUT2D eigenvalue weighted by molar-refractivity contribution is -0.144. The first-order valence-corrected chi connectivity index (χ1v) is 7.28. The quantitative estimate of drug-likeness (QED) is 0.890. The highest BCUT2D eigenvalue weighted by Gasteiger charge is 2.26. The van der Waals surface area contributed by atoms with E-state index in [2.05, 4.69) is 5.32 Å². The fourth-order valence-electron chi connectivity index (χ4n) is 2.75. The van der Waals surface area contributed by atoms with E-state index in [1.54, 1.807) is 0 Å². The Hall–Kier alpha value is -1.88. The van der Waals surface area contributed by atoms with E-state index in [0.29, 0.717) is 13.0 Å². The van der Waals surface area contributed by atoms with Crippen LogP contribution in [0.15, 0.2) is 18.2 Å². The van der Waals surface area contributed by atoms with Crippen LogP contribution in [0.4, 0.5) is 5.69 Å². The summed E-state index contributed by atoms with van der Waals surface area (Å²) in [5.74, 6) is -1.21. The molecule has 0 aromatic heterocycles. The molecule has 1 aromatic carbocycles. The van der Waals surface area contributed by atoms with Gasteiger partial charge in [0.05, 0.1) is 12.5 Å². The van der Waals surface area contributed by atoms with Crippen LogP contribution in [-0.4, -0.2) is 41.5 Å². The molecule has 0 radical (unpaired) electrons. The van der Waals surface area contributed by atoms with E-state index < -0.39 is 5.97 Å². The summed E-state index contributed by atoms with van der Waals surface area (Å²) in [4.78, 5) is 25.0. The standard InChI is InChI=1S/C16H22N2O3/c1-11-5-6-14(12(2)8-11)17-15(19)10-18-7-3-4-13(9-18)16(20)21/h5-6,8,13H,3-4,7,9-10H2,1-2H3,(H,17,19)(H,20,21). The summed E-state index contributed by atoms with van der Waals surface area (Å²) in [5, 5.41) is 12.0. The fourth-order valence-corrected chi connectivity index (χ4v) is 2.75. The molecule has 5 heteroatoms. The summed E-state index contributed by atoms with van der Waals surface area (Å²) in [6.45, 7) is 5.46. The van der Waals surface area contributed by atoms with Gasteiger partial charge in [0.25, 0.3) is 0 Å². The molecular weight excluding hydrogens is 268 g/mol. The second kappa shape index (κ2) is 6.72. The third kappa shape index (κ3) is 4.29. The first-order chi connectivity index (χ1) is 9.95. The second-order valence-electron chi connectivity index (χ2n) is 5.78. The maximum Gasteiger partial charge on any atom is 0.307 e. The number of amides is 1. The van der Waals surface area contributed by atoms with E-state index in [4.69, 9.17) is 5.11 Å². The van der Waals surface area contributed by atoms with Crippen LogP contribution in [0.2, 0.25) is 0 Å². The van der Waals surface area contributed by atoms with Gasteiger partial charge in [-0.3, -0.25) is 14.5 Å². The molecule has 21 heavy (non-hydrogen) atoms. The lowest BCUT2D eigenvalue weighted by Gasteiger charge is -2.30. The number of piperidine rings is 1. The normalized spacial score (nSPS) is 19.2. The first-order valence-electron chi connectivity index (χ1n) is 7.28. The molecule has 1 aromatic rings. The van der Waals surface area contributed by atoms with E-state index in [9.17, 15) is 9.59 Å². The van der Waals surface area contributed by atoms with Gasteiger partial charge in [0.2, 0.25) is 5.91 Å². The van der Waals surface area contributed by atoms with Crippen LogP contribution in [-0.2, 0) is 9.59 Å². The van der Waals surface area contributed by atoms with Gasteiger partial charge in [-0.25, -0.2) is 0 Å². The first kappa shape index (κ1) is 15.5. The van der Waals surface area contributed by atoms with Crippen molar-refractivity contribution >= 4 is 17.6 Å². The van der Waals surface area contributed by atoms with Gasteiger partial charge in [0.1, 0.15) is 0 Å². The second-order valence-corrected chi connectivity index (χ2v) is 5.78. The molecule has 0 saturated carbocycles. The molecule has 114 valence electrons. The highest BCUT2D eigenvalue weighted by atomic mass is 16.4. The van der Waals surface area contributed by atoms with E-state index in [1.165, 1.54) is 0 Å². The topological polar surface area (TPSA) is 69.6 Å². The van der Waals surface area contributed by atoms with Gasteiger partial charge >= 0.3 is 5.97 Å². The number of aryl methyl sites for hydroxylation is 2. The molecule has 1 atom stereocenters. The highest BCUT2D eigenvalue weighted by molar-refractivity contribution is 5.93. The minimum atomic E-state index is -0.769. The maximum absolute atomic E-state index is 12.1. The smallest absolute Gasteiger partial charge is 0.307 e. The molecule has 1 amide bonds. The summed E-state index contributed by atoms with van der Waals surface area (Å²) in [6.07, 6.45) is 1.53. The summed E-state index contributed by atoms with van der Waals surface area (Å²) in [7, 11) is 0. The third-order valence-corrected chi connectivity index (χ3v) is 3.88. The monoisotopic (exact) mass is 290 g/mol. The van der Waals surface area contributed by atoms with E-state index in [-0.39, 0.29) is 18.4 Å². The fraction of sp³-hybridized carbons (Fsp3) is 0.500. The van der Waals surface area contributed by atoms with Crippen molar-refractivity contribution in [2.45, 2.75) is 26.7 Å². The Morgan fingerprint density at radius 3 is 2.81 bits per heavy atom. The zero-order chi connectivity index (χ0) is 15.4. The highest BCUT2D eigenvalue weighted by Crippen LogP contribution is 2.18. The Balaban J connectivity index is 1.91. The molecule has 1 heterocycles. The van der Waals surface area contributed by atoms with Crippen LogP contribution < -0.4 is 5.32 Å². The van der Waals surface area contributed by atoms with Crippen LogP contribution in [0.25, 0.3) is 0 Å². The largest absolute Gasteiger partial charge is 0.481 e. The number of carbonyl (C=O) groups excluding carboxylic acids is 1. The number of benzene rings is 1. The molecule has 1 unspecified atom stereocenters. The number of nitrogens with one attached hydrogen (secondary N) is 1. The molecule has 5 nitrogen and oxygen atoms in total. The van der Waals surface area contributed by atoms with Crippen LogP contribution >= 0.6 is 0 Å². The van der Waals surface area contributed by atoms with Gasteiger partial charge in [0.15, 0.2) is 0 Å². The molecule has 2 N–H and O–H groups in total. The molecule has 2 rings (SSSR count). The summed E-state index contributed by atoms with van der Waals surface area (Å²) >= 11 is 0. The van der Waals surface area contributed by atoms with Gasteiger partial charge in [0, 0.05) is 12.2 Å².